The van der Waals surface area contributed by atoms with Crippen LogP contribution >= 0.6 is 48.2 Å². The Morgan fingerprint density at radius 1 is 0.209 bits per heavy atom. The lowest BCUT2D eigenvalue weighted by Gasteiger charge is -2.21. The first-order chi connectivity index (χ1) is 55.0. The van der Waals surface area contributed by atoms with Gasteiger partial charge < -0.3 is 104 Å². The number of hydrogen-bond donors (Lipinski definition) is 0. The molecule has 0 bridgehead atoms. The Hall–Kier alpha value is -0.520. The van der Waals surface area contributed by atoms with Crippen LogP contribution in [0.2, 0.25) is 0 Å². The summed E-state index contributed by atoms with van der Waals surface area (Å²) in [6.07, 6.45) is 6.93. The monoisotopic (exact) mass is 1790 g/mol. The molecule has 0 N–H and O–H groups in total. The van der Waals surface area contributed by atoms with Gasteiger partial charge in [0.2, 0.25) is 0 Å². The molecule has 34 nitrogen and oxygen atoms in total. The van der Waals surface area contributed by atoms with Crippen molar-refractivity contribution < 1.29 is 159 Å². The van der Waals surface area contributed by atoms with Crippen LogP contribution in [0.1, 0.15) is 129 Å². The Kier molecular flexibility index (Phi) is 110. The van der Waals surface area contributed by atoms with E-state index in [1.807, 2.05) is 62.3 Å². The van der Waals surface area contributed by atoms with Crippen molar-refractivity contribution >= 4 is 48.2 Å². The fourth-order valence-corrected chi connectivity index (χ4v) is 9.39. The van der Waals surface area contributed by atoms with Gasteiger partial charge in [0.25, 0.3) is 0 Å². The minimum atomic E-state index is -1.56. The summed E-state index contributed by atoms with van der Waals surface area (Å²) in [5, 5.41) is 0. The van der Waals surface area contributed by atoms with E-state index >= 15 is 0 Å². The lowest BCUT2D eigenvalue weighted by molar-refractivity contribution is -0.0755. The molecule has 0 spiro atoms. The van der Waals surface area contributed by atoms with Crippen LogP contribution in [0.5, 0.6) is 0 Å². The van der Waals surface area contributed by atoms with Crippen LogP contribution in [-0.4, -0.2) is 367 Å². The van der Waals surface area contributed by atoms with Gasteiger partial charge in [0, 0.05) is 41.7 Å². The molecule has 0 aromatic carbocycles. The predicted molar refractivity (Wildman–Crippen MR) is 449 cm³/mol. The third-order valence-corrected chi connectivity index (χ3v) is 17.4. The van der Waals surface area contributed by atoms with Crippen LogP contribution in [0.3, 0.4) is 0 Å². The standard InChI is InChI=1S/C17H36O6P.C15H32O6P.3C12H26O6P.C7H16O4P/c1-5-8-9-21-17(7-3)15-22-16(6-2)14-20-11-10-19-12-13-23-24(4)18;1-5-6-7-18-12-14(2)20-13-15(3)19-10-8-17-9-11-21-22(4)16;2*1-11(14-3)10-17-12(2)9-16-6-5-15-7-8-18-19(4)13;1-11(16-8-7-15-6-5-14-3)9-17-12(2)10-18-19(4)13;1-7(9-2)6-10-4-5-11-12(3)8/h16-17H,5-15H2,1-4H3;14-15H,5-13H2,1-4H3;3*11-12H,5-10H2,1-4H3;7H,4-6H2,1-3H3/q6*+1. The summed E-state index contributed by atoms with van der Waals surface area (Å²) >= 11 is 0. The van der Waals surface area contributed by atoms with Crippen molar-refractivity contribution in [3.63, 3.8) is 0 Å². The second kappa shape index (κ2) is 101. The average molecular weight is 1790 g/mol. The van der Waals surface area contributed by atoms with Gasteiger partial charge in [-0.25, -0.2) is 0 Å². The van der Waals surface area contributed by atoms with Crippen molar-refractivity contribution in [1.82, 2.24) is 0 Å². The second-order valence-corrected chi connectivity index (χ2v) is 32.4. The molecule has 0 saturated heterocycles. The summed E-state index contributed by atoms with van der Waals surface area (Å²) in [6.45, 7) is 52.8. The van der Waals surface area contributed by atoms with E-state index < -0.39 is 48.2 Å². The molecule has 40 heteroatoms. The summed E-state index contributed by atoms with van der Waals surface area (Å²) in [7, 11) is -2.63. The highest BCUT2D eigenvalue weighted by Gasteiger charge is 2.17. The number of rotatable bonds is 80. The molecule has 17 unspecified atom stereocenters. The molecule has 0 aromatic heterocycles. The maximum Gasteiger partial charge on any atom is 0.504 e. The van der Waals surface area contributed by atoms with Crippen molar-refractivity contribution in [2.45, 2.75) is 196 Å². The zero-order valence-corrected chi connectivity index (χ0v) is 80.3. The van der Waals surface area contributed by atoms with Gasteiger partial charge in [-0.05, 0) is 115 Å². The van der Waals surface area contributed by atoms with Gasteiger partial charge in [0.1, 0.15) is 39.6 Å². The van der Waals surface area contributed by atoms with Crippen LogP contribution in [0, 0.1) is 0 Å². The third-order valence-electron chi connectivity index (χ3n) is 14.1. The molecule has 0 fully saturated rings. The van der Waals surface area contributed by atoms with Crippen molar-refractivity contribution in [2.24, 2.45) is 0 Å². The number of ether oxygens (including phenoxy) is 22. The zero-order chi connectivity index (χ0) is 87.6. The first-order valence-corrected chi connectivity index (χ1v) is 49.8. The van der Waals surface area contributed by atoms with E-state index in [9.17, 15) is 27.4 Å². The minimum absolute atomic E-state index is 0.0103. The maximum atomic E-state index is 10.8. The van der Waals surface area contributed by atoms with E-state index in [-0.39, 0.29) is 67.1 Å². The average Bonchev–Trinajstić information content (AvgIpc) is 0.975. The summed E-state index contributed by atoms with van der Waals surface area (Å²) in [6, 6.07) is 0. The summed E-state index contributed by atoms with van der Waals surface area (Å²) in [5.41, 5.74) is 0. The van der Waals surface area contributed by atoms with Gasteiger partial charge in [-0.1, -0.05) is 40.5 Å². The molecule has 115 heavy (non-hydrogen) atoms. The topological polar surface area (TPSA) is 361 Å². The highest BCUT2D eigenvalue weighted by molar-refractivity contribution is 7.39. The van der Waals surface area contributed by atoms with Crippen molar-refractivity contribution in [1.29, 1.82) is 0 Å². The van der Waals surface area contributed by atoms with Crippen molar-refractivity contribution in [3.05, 3.63) is 0 Å². The van der Waals surface area contributed by atoms with Crippen LogP contribution in [0.15, 0.2) is 0 Å². The summed E-state index contributed by atoms with van der Waals surface area (Å²) in [4.78, 5) is 0. The van der Waals surface area contributed by atoms with E-state index in [0.717, 1.165) is 51.7 Å². The van der Waals surface area contributed by atoms with Gasteiger partial charge in [-0.2, -0.15) is 0 Å². The molecule has 0 saturated carbocycles. The summed E-state index contributed by atoms with van der Waals surface area (Å²) in [5.74, 6) is 0. The molecule has 0 aliphatic heterocycles. The normalized spacial score (nSPS) is 14.9. The molecule has 0 heterocycles. The molecule has 0 radical (unpaired) electrons. The zero-order valence-electron chi connectivity index (χ0n) is 74.9. The fourth-order valence-electron chi connectivity index (χ4n) is 7.31. The van der Waals surface area contributed by atoms with Crippen LogP contribution in [0.4, 0.5) is 0 Å². The van der Waals surface area contributed by atoms with Gasteiger partial charge in [0.05, 0.1) is 246 Å². The van der Waals surface area contributed by atoms with E-state index in [0.29, 0.717) is 218 Å². The SMILES string of the molecule is CCCCOC(CC)COC(CC)COCCOCCO[P+](C)=O.CCCCOCC(C)OCC(C)OCCOCCO[P+](C)=O.COC(C)COC(C)COCCOCCO[P+](C)=O.COC(C)COC(C)COCCOCCO[P+](C)=O.COC(C)COCCO[P+](C)=O.COCCOCCOC(C)COC(C)CO[P+](C)=O. The maximum absolute atomic E-state index is 10.8. The molecule has 0 amide bonds. The lowest BCUT2D eigenvalue weighted by Crippen LogP contribution is -2.27. The smallest absolute Gasteiger partial charge is 0.382 e. The predicted octanol–water partition coefficient (Wildman–Crippen LogP) is 13.8. The minimum Gasteiger partial charge on any atom is -0.382 e. The highest BCUT2D eigenvalue weighted by Crippen LogP contribution is 2.18. The summed E-state index contributed by atoms with van der Waals surface area (Å²) < 4.78 is 212. The first kappa shape index (κ1) is 125. The molecule has 690 valence electrons. The first-order valence-electron chi connectivity index (χ1n) is 40.0. The Morgan fingerprint density at radius 2 is 0.452 bits per heavy atom. The Labute approximate surface area is 699 Å². The van der Waals surface area contributed by atoms with E-state index in [1.165, 1.54) is 40.0 Å². The molecule has 17 atom stereocenters. The Bertz CT molecular complexity index is 2020. The van der Waals surface area contributed by atoms with E-state index in [2.05, 4.69) is 27.7 Å². The van der Waals surface area contributed by atoms with Crippen molar-refractivity contribution in [2.75, 3.05) is 300 Å². The Morgan fingerprint density at radius 3 is 0.774 bits per heavy atom. The highest BCUT2D eigenvalue weighted by atomic mass is 31.1. The molecular formula is C75H162O34P6+6. The lowest BCUT2D eigenvalue weighted by atomic mass is 10.2. The van der Waals surface area contributed by atoms with Crippen LogP contribution in [0.25, 0.3) is 0 Å². The molecule has 0 aromatic rings. The molecule has 0 rings (SSSR count). The molecular weight excluding hydrogens is 1630 g/mol. The van der Waals surface area contributed by atoms with Crippen LogP contribution < -0.4 is 0 Å². The van der Waals surface area contributed by atoms with Gasteiger partial charge in [-0.15, -0.1) is 27.1 Å². The number of methoxy groups -OCH3 is 4. The van der Waals surface area contributed by atoms with Crippen LogP contribution in [-0.2, 0) is 159 Å². The van der Waals surface area contributed by atoms with Crippen molar-refractivity contribution in [3.8, 4) is 0 Å². The number of unbranched alkanes of at least 4 members (excludes halogenated alkanes) is 2. The fraction of sp³-hybridized carbons (Fsp3) is 1.00. The largest absolute Gasteiger partial charge is 0.504 e. The van der Waals surface area contributed by atoms with E-state index in [4.69, 9.17) is 131 Å². The molecule has 0 aliphatic rings. The number of hydrogen-bond acceptors (Lipinski definition) is 34. The van der Waals surface area contributed by atoms with E-state index in [1.54, 1.807) is 28.4 Å². The third kappa shape index (κ3) is 118. The van der Waals surface area contributed by atoms with Gasteiger partial charge in [-0.3, -0.25) is 0 Å². The molecule has 0 aliphatic carbocycles. The van der Waals surface area contributed by atoms with Gasteiger partial charge >= 0.3 is 48.2 Å². The van der Waals surface area contributed by atoms with Gasteiger partial charge in [0.15, 0.2) is 40.0 Å². The second-order valence-electron chi connectivity index (χ2n) is 25.6. The quantitative estimate of drug-likeness (QED) is 0.0403. The Balaban J connectivity index is -0.000000313.